The molecule has 0 radical (unpaired) electrons. The number of thioether (sulfide) groups is 1. The largest absolute Gasteiger partial charge is 0.324 e. The summed E-state index contributed by atoms with van der Waals surface area (Å²) in [5, 5.41) is 0. The number of rotatable bonds is 5. The van der Waals surface area contributed by atoms with E-state index in [9.17, 15) is 0 Å². The maximum Gasteiger partial charge on any atom is 0.0307 e. The standard InChI is InChI=1S/C14H21BrN2S/c1-17(13-6-8-18-10-13)7-5-14(16)11-3-2-4-12(15)9-11/h2-4,9,13-14H,5-8,10,16H2,1H3. The minimum Gasteiger partial charge on any atom is -0.324 e. The normalized spacial score (nSPS) is 21.4. The molecule has 0 saturated carbocycles. The number of halogens is 1. The number of hydrogen-bond acceptors (Lipinski definition) is 3. The van der Waals surface area contributed by atoms with E-state index in [2.05, 4.69) is 57.8 Å². The Hall–Kier alpha value is -0.0300. The second-order valence-corrected chi connectivity index (χ2v) is 7.01. The summed E-state index contributed by atoms with van der Waals surface area (Å²) >= 11 is 5.56. The van der Waals surface area contributed by atoms with Crippen LogP contribution in [0.3, 0.4) is 0 Å². The molecule has 0 bridgehead atoms. The van der Waals surface area contributed by atoms with Gasteiger partial charge in [0.1, 0.15) is 0 Å². The lowest BCUT2D eigenvalue weighted by Crippen LogP contribution is -2.33. The van der Waals surface area contributed by atoms with Crippen LogP contribution >= 0.6 is 27.7 Å². The molecule has 2 rings (SSSR count). The van der Waals surface area contributed by atoms with E-state index in [1.807, 2.05) is 6.07 Å². The van der Waals surface area contributed by atoms with Crippen molar-refractivity contribution in [2.75, 3.05) is 25.1 Å². The highest BCUT2D eigenvalue weighted by atomic mass is 79.9. The predicted molar refractivity (Wildman–Crippen MR) is 84.0 cm³/mol. The van der Waals surface area contributed by atoms with E-state index in [0.717, 1.165) is 23.5 Å². The maximum absolute atomic E-state index is 6.26. The predicted octanol–water partition coefficient (Wildman–Crippen LogP) is 3.28. The third-order valence-electron chi connectivity index (χ3n) is 3.60. The van der Waals surface area contributed by atoms with Crippen molar-refractivity contribution in [3.8, 4) is 0 Å². The monoisotopic (exact) mass is 328 g/mol. The van der Waals surface area contributed by atoms with Gasteiger partial charge in [-0.2, -0.15) is 11.8 Å². The molecule has 18 heavy (non-hydrogen) atoms. The smallest absolute Gasteiger partial charge is 0.0307 e. The summed E-state index contributed by atoms with van der Waals surface area (Å²) < 4.78 is 1.11. The minimum atomic E-state index is 0.138. The van der Waals surface area contributed by atoms with Crippen LogP contribution in [-0.4, -0.2) is 36.0 Å². The molecule has 2 nitrogen and oxygen atoms in total. The molecular weight excluding hydrogens is 308 g/mol. The molecule has 0 spiro atoms. The Morgan fingerprint density at radius 2 is 2.39 bits per heavy atom. The van der Waals surface area contributed by atoms with Gasteiger partial charge in [-0.05, 0) is 49.9 Å². The summed E-state index contributed by atoms with van der Waals surface area (Å²) in [4.78, 5) is 2.47. The van der Waals surface area contributed by atoms with Crippen molar-refractivity contribution in [1.82, 2.24) is 4.90 Å². The van der Waals surface area contributed by atoms with Crippen LogP contribution < -0.4 is 5.73 Å². The van der Waals surface area contributed by atoms with E-state index in [0.29, 0.717) is 0 Å². The Morgan fingerprint density at radius 3 is 3.06 bits per heavy atom. The molecule has 1 heterocycles. The quantitative estimate of drug-likeness (QED) is 0.899. The topological polar surface area (TPSA) is 29.3 Å². The summed E-state index contributed by atoms with van der Waals surface area (Å²) in [7, 11) is 2.23. The lowest BCUT2D eigenvalue weighted by molar-refractivity contribution is 0.253. The van der Waals surface area contributed by atoms with Crippen molar-refractivity contribution in [3.05, 3.63) is 34.3 Å². The van der Waals surface area contributed by atoms with Crippen molar-refractivity contribution in [3.63, 3.8) is 0 Å². The molecule has 1 saturated heterocycles. The van der Waals surface area contributed by atoms with E-state index in [1.165, 1.54) is 23.5 Å². The molecule has 1 aliphatic rings. The summed E-state index contributed by atoms with van der Waals surface area (Å²) in [6, 6.07) is 9.22. The molecule has 100 valence electrons. The van der Waals surface area contributed by atoms with Crippen molar-refractivity contribution in [1.29, 1.82) is 0 Å². The van der Waals surface area contributed by atoms with Gasteiger partial charge in [0, 0.05) is 22.3 Å². The summed E-state index contributed by atoms with van der Waals surface area (Å²) in [6.07, 6.45) is 2.35. The van der Waals surface area contributed by atoms with Gasteiger partial charge in [0.2, 0.25) is 0 Å². The molecular formula is C14H21BrN2S. The van der Waals surface area contributed by atoms with Gasteiger partial charge < -0.3 is 10.6 Å². The first-order valence-corrected chi connectivity index (χ1v) is 8.40. The van der Waals surface area contributed by atoms with E-state index in [-0.39, 0.29) is 6.04 Å². The fourth-order valence-electron chi connectivity index (χ4n) is 2.30. The Balaban J connectivity index is 1.82. The lowest BCUT2D eigenvalue weighted by Gasteiger charge is -2.25. The molecule has 2 unspecified atom stereocenters. The minimum absolute atomic E-state index is 0.138. The number of hydrogen-bond donors (Lipinski definition) is 1. The van der Waals surface area contributed by atoms with Crippen molar-refractivity contribution >= 4 is 27.7 Å². The second kappa shape index (κ2) is 6.94. The fraction of sp³-hybridized carbons (Fsp3) is 0.571. The van der Waals surface area contributed by atoms with Crippen molar-refractivity contribution in [2.24, 2.45) is 5.73 Å². The van der Waals surface area contributed by atoms with E-state index < -0.39 is 0 Å². The Kier molecular flexibility index (Phi) is 5.55. The van der Waals surface area contributed by atoms with Crippen LogP contribution in [-0.2, 0) is 0 Å². The SMILES string of the molecule is CN(CCC(N)c1cccc(Br)c1)C1CCSC1. The van der Waals surface area contributed by atoms with Gasteiger partial charge in [-0.25, -0.2) is 0 Å². The zero-order valence-corrected chi connectivity index (χ0v) is 13.2. The van der Waals surface area contributed by atoms with E-state index in [1.54, 1.807) is 0 Å². The summed E-state index contributed by atoms with van der Waals surface area (Å²) in [5.41, 5.74) is 7.48. The molecule has 0 aromatic heterocycles. The van der Waals surface area contributed by atoms with Crippen molar-refractivity contribution < 1.29 is 0 Å². The van der Waals surface area contributed by atoms with Crippen LogP contribution in [0, 0.1) is 0 Å². The van der Waals surface area contributed by atoms with Gasteiger partial charge in [0.05, 0.1) is 0 Å². The third-order valence-corrected chi connectivity index (χ3v) is 5.24. The third kappa shape index (κ3) is 3.98. The first kappa shape index (κ1) is 14.4. The van der Waals surface area contributed by atoms with Gasteiger partial charge in [-0.3, -0.25) is 0 Å². The van der Waals surface area contributed by atoms with Gasteiger partial charge in [-0.15, -0.1) is 0 Å². The highest BCUT2D eigenvalue weighted by Crippen LogP contribution is 2.23. The van der Waals surface area contributed by atoms with Crippen molar-refractivity contribution in [2.45, 2.75) is 24.9 Å². The van der Waals surface area contributed by atoms with Crippen LogP contribution in [0.5, 0.6) is 0 Å². The molecule has 1 aliphatic heterocycles. The number of nitrogens with zero attached hydrogens (tertiary/aromatic N) is 1. The Labute approximate surface area is 122 Å². The molecule has 1 aromatic carbocycles. The van der Waals surface area contributed by atoms with E-state index >= 15 is 0 Å². The van der Waals surface area contributed by atoms with Gasteiger partial charge in [0.25, 0.3) is 0 Å². The lowest BCUT2D eigenvalue weighted by atomic mass is 10.0. The molecule has 1 aromatic rings. The molecule has 4 heteroatoms. The summed E-state index contributed by atoms with van der Waals surface area (Å²) in [6.45, 7) is 1.08. The van der Waals surface area contributed by atoms with Gasteiger partial charge >= 0.3 is 0 Å². The number of nitrogens with two attached hydrogens (primary N) is 1. The fourth-order valence-corrected chi connectivity index (χ4v) is 4.01. The first-order valence-electron chi connectivity index (χ1n) is 6.46. The van der Waals surface area contributed by atoms with Crippen LogP contribution in [0.4, 0.5) is 0 Å². The van der Waals surface area contributed by atoms with Crippen LogP contribution in [0.1, 0.15) is 24.4 Å². The maximum atomic E-state index is 6.26. The summed E-state index contributed by atoms with van der Waals surface area (Å²) in [5.74, 6) is 2.59. The molecule has 2 atom stereocenters. The van der Waals surface area contributed by atoms with Crippen LogP contribution in [0.25, 0.3) is 0 Å². The zero-order valence-electron chi connectivity index (χ0n) is 10.8. The van der Waals surface area contributed by atoms with Crippen LogP contribution in [0.15, 0.2) is 28.7 Å². The molecule has 2 N–H and O–H groups in total. The highest BCUT2D eigenvalue weighted by molar-refractivity contribution is 9.10. The average molecular weight is 329 g/mol. The Bertz CT molecular complexity index is 380. The first-order chi connectivity index (χ1) is 8.66. The number of benzene rings is 1. The average Bonchev–Trinajstić information content (AvgIpc) is 2.89. The molecule has 0 amide bonds. The second-order valence-electron chi connectivity index (χ2n) is 4.95. The molecule has 1 fully saturated rings. The van der Waals surface area contributed by atoms with Crippen LogP contribution in [0.2, 0.25) is 0 Å². The molecule has 0 aliphatic carbocycles. The van der Waals surface area contributed by atoms with E-state index in [4.69, 9.17) is 5.73 Å². The van der Waals surface area contributed by atoms with Gasteiger partial charge in [0.15, 0.2) is 0 Å². The van der Waals surface area contributed by atoms with Gasteiger partial charge in [-0.1, -0.05) is 28.1 Å². The highest BCUT2D eigenvalue weighted by Gasteiger charge is 2.20. The zero-order chi connectivity index (χ0) is 13.0. The Morgan fingerprint density at radius 1 is 1.56 bits per heavy atom.